The second-order valence-electron chi connectivity index (χ2n) is 1.86. The predicted octanol–water partition coefficient (Wildman–Crippen LogP) is -1.68. The predicted molar refractivity (Wildman–Crippen MR) is 49.6 cm³/mol. The summed E-state index contributed by atoms with van der Waals surface area (Å²) in [7, 11) is -5.25. The van der Waals surface area contributed by atoms with Crippen molar-refractivity contribution in [2.45, 2.75) is 12.8 Å². The summed E-state index contributed by atoms with van der Waals surface area (Å²) in [6, 6.07) is 0. The zero-order valence-corrected chi connectivity index (χ0v) is 7.44. The Balaban J connectivity index is 0. The number of thiol groups is 2. The van der Waals surface area contributed by atoms with Crippen LogP contribution in [0, 0.1) is 5.41 Å². The van der Waals surface area contributed by atoms with Gasteiger partial charge < -0.3 is 0 Å². The maximum absolute atomic E-state index is 10.0. The van der Waals surface area contributed by atoms with Crippen LogP contribution in [0.4, 0.5) is 0 Å². The molecule has 0 spiro atoms. The van der Waals surface area contributed by atoms with Crippen LogP contribution in [0.2, 0.25) is 0 Å². The molecule has 8 heteroatoms. The number of hydrogen-bond donors (Lipinski definition) is 3. The van der Waals surface area contributed by atoms with E-state index in [1.807, 2.05) is 0 Å². The second kappa shape index (κ2) is 7.80. The molecule has 0 aliphatic carbocycles. The van der Waals surface area contributed by atoms with Crippen LogP contribution in [0.15, 0.2) is 0 Å². The first-order valence-electron chi connectivity index (χ1n) is 2.87. The molecule has 0 heterocycles. The summed E-state index contributed by atoms with van der Waals surface area (Å²) in [6.45, 7) is 0. The zero-order chi connectivity index (χ0) is 8.85. The number of nitrogens with one attached hydrogen (secondary N) is 1. The molecular weight excluding hydrogens is 197 g/mol. The standard InChI is InChI=1S/C4H9NO4S2.Li.H/c5-4(11(8)9)2-1-3-10(6)7;;/h5,10-11H,1-3H2;;. The molecule has 0 aliphatic heterocycles. The van der Waals surface area contributed by atoms with E-state index in [1.165, 1.54) is 0 Å². The van der Waals surface area contributed by atoms with Crippen molar-refractivity contribution in [2.75, 3.05) is 5.75 Å². The topological polar surface area (TPSA) is 92.1 Å². The van der Waals surface area contributed by atoms with Crippen LogP contribution in [0.25, 0.3) is 0 Å². The van der Waals surface area contributed by atoms with Crippen LogP contribution in [0.5, 0.6) is 0 Å². The minimum atomic E-state index is -2.81. The normalized spacial score (nSPS) is 9.83. The van der Waals surface area contributed by atoms with Gasteiger partial charge in [0, 0.05) is 12.2 Å². The second-order valence-corrected chi connectivity index (χ2v) is 4.03. The van der Waals surface area contributed by atoms with Gasteiger partial charge >= 0.3 is 18.9 Å². The van der Waals surface area contributed by atoms with Gasteiger partial charge in [-0.25, -0.2) is 16.8 Å². The molecule has 5 nitrogen and oxygen atoms in total. The van der Waals surface area contributed by atoms with Crippen molar-refractivity contribution in [1.29, 1.82) is 5.41 Å². The van der Waals surface area contributed by atoms with Gasteiger partial charge in [-0.1, -0.05) is 0 Å². The van der Waals surface area contributed by atoms with E-state index >= 15 is 0 Å². The van der Waals surface area contributed by atoms with E-state index < -0.39 is 26.5 Å². The third-order valence-corrected chi connectivity index (χ3v) is 2.32. The fraction of sp³-hybridized carbons (Fsp3) is 0.750. The summed E-state index contributed by atoms with van der Waals surface area (Å²) < 4.78 is 40.0. The van der Waals surface area contributed by atoms with Gasteiger partial charge in [0.2, 0.25) is 0 Å². The van der Waals surface area contributed by atoms with Crippen LogP contribution in [0.3, 0.4) is 0 Å². The van der Waals surface area contributed by atoms with E-state index in [2.05, 4.69) is 0 Å². The molecule has 0 radical (unpaired) electrons. The first kappa shape index (κ1) is 14.7. The third kappa shape index (κ3) is 8.27. The summed E-state index contributed by atoms with van der Waals surface area (Å²) >= 11 is 0. The summed E-state index contributed by atoms with van der Waals surface area (Å²) in [4.78, 5) is 0. The number of hydrogen-bond acceptors (Lipinski definition) is 5. The summed E-state index contributed by atoms with van der Waals surface area (Å²) in [6.07, 6.45) is 0.225. The molecule has 0 amide bonds. The van der Waals surface area contributed by atoms with Crippen molar-refractivity contribution in [2.24, 2.45) is 0 Å². The Morgan fingerprint density at radius 1 is 1.17 bits per heavy atom. The monoisotopic (exact) mass is 207 g/mol. The van der Waals surface area contributed by atoms with E-state index in [1.54, 1.807) is 0 Å². The van der Waals surface area contributed by atoms with Gasteiger partial charge in [-0.05, 0) is 6.42 Å². The van der Waals surface area contributed by atoms with Crippen molar-refractivity contribution in [3.63, 3.8) is 0 Å². The van der Waals surface area contributed by atoms with Crippen molar-refractivity contribution >= 4 is 45.3 Å². The van der Waals surface area contributed by atoms with Crippen molar-refractivity contribution in [3.8, 4) is 0 Å². The molecule has 0 saturated heterocycles. The van der Waals surface area contributed by atoms with Gasteiger partial charge in [0.25, 0.3) is 0 Å². The first-order chi connectivity index (χ1) is 5.04. The van der Waals surface area contributed by atoms with E-state index in [4.69, 9.17) is 5.41 Å². The van der Waals surface area contributed by atoms with Gasteiger partial charge in [0.1, 0.15) is 15.7 Å². The molecule has 0 aromatic rings. The van der Waals surface area contributed by atoms with Crippen LogP contribution in [-0.4, -0.2) is 46.5 Å². The van der Waals surface area contributed by atoms with Gasteiger partial charge in [-0.15, -0.1) is 0 Å². The van der Waals surface area contributed by atoms with E-state index in [0.717, 1.165) is 0 Å². The van der Waals surface area contributed by atoms with Gasteiger partial charge in [-0.2, -0.15) is 0 Å². The fourth-order valence-corrected chi connectivity index (χ4v) is 1.22. The van der Waals surface area contributed by atoms with Crippen molar-refractivity contribution < 1.29 is 16.8 Å². The quantitative estimate of drug-likeness (QED) is 0.222. The Labute approximate surface area is 86.1 Å². The molecule has 0 aromatic carbocycles. The molecular formula is C4H10LiNO4S2. The molecule has 68 valence electrons. The Morgan fingerprint density at radius 2 is 1.67 bits per heavy atom. The summed E-state index contributed by atoms with van der Waals surface area (Å²) in [5, 5.41) is 6.39. The van der Waals surface area contributed by atoms with Gasteiger partial charge in [0.05, 0.1) is 0 Å². The molecule has 0 aromatic heterocycles. The van der Waals surface area contributed by atoms with Crippen molar-refractivity contribution in [1.82, 2.24) is 0 Å². The molecule has 0 rings (SSSR count). The molecule has 0 saturated carbocycles. The Bertz CT molecular complexity index is 267. The zero-order valence-electron chi connectivity index (χ0n) is 5.65. The number of rotatable bonds is 4. The van der Waals surface area contributed by atoms with Crippen LogP contribution >= 0.6 is 0 Å². The Hall–Kier alpha value is 0.167. The fourth-order valence-electron chi connectivity index (χ4n) is 0.467. The average Bonchev–Trinajstić information content (AvgIpc) is 1.86. The summed E-state index contributed by atoms with van der Waals surface area (Å²) in [5.74, 6) is -0.0547. The maximum atomic E-state index is 10.0. The van der Waals surface area contributed by atoms with Crippen LogP contribution in [-0.2, 0) is 21.4 Å². The molecule has 0 fully saturated rings. The van der Waals surface area contributed by atoms with Crippen LogP contribution in [0.1, 0.15) is 12.8 Å². The molecule has 0 unspecified atom stereocenters. The van der Waals surface area contributed by atoms with Crippen LogP contribution < -0.4 is 0 Å². The molecule has 0 bridgehead atoms. The van der Waals surface area contributed by atoms with E-state index in [0.29, 0.717) is 0 Å². The SMILES string of the molecule is N=C(CCC[SH](=O)=O)[SH](=O)=O.[LiH]. The average molecular weight is 207 g/mol. The Morgan fingerprint density at radius 3 is 2.00 bits per heavy atom. The molecule has 0 aliphatic rings. The summed E-state index contributed by atoms with van der Waals surface area (Å²) in [5.41, 5.74) is 0. The van der Waals surface area contributed by atoms with Crippen molar-refractivity contribution in [3.05, 3.63) is 0 Å². The molecule has 12 heavy (non-hydrogen) atoms. The molecule has 0 atom stereocenters. The minimum absolute atomic E-state index is 0. The van der Waals surface area contributed by atoms with E-state index in [-0.39, 0.29) is 37.5 Å². The first-order valence-corrected chi connectivity index (χ1v) is 5.41. The Kier molecular flexibility index (Phi) is 9.54. The third-order valence-electron chi connectivity index (χ3n) is 0.975. The molecule has 1 N–H and O–H groups in total. The van der Waals surface area contributed by atoms with Gasteiger partial charge in [0.15, 0.2) is 10.7 Å². The van der Waals surface area contributed by atoms with Gasteiger partial charge in [-0.3, -0.25) is 5.41 Å². The van der Waals surface area contributed by atoms with E-state index in [9.17, 15) is 16.8 Å².